The molecule has 0 spiro atoms. The fourth-order valence-electron chi connectivity index (χ4n) is 2.20. The van der Waals surface area contributed by atoms with Crippen LogP contribution in [0.5, 0.6) is 0 Å². The number of carbonyl (C=O) groups excluding carboxylic acids is 1. The first-order valence-electron chi connectivity index (χ1n) is 8.03. The number of amides is 1. The number of aliphatic imine (C=N–C) groups is 1. The zero-order chi connectivity index (χ0) is 21.7. The van der Waals surface area contributed by atoms with Crippen molar-refractivity contribution in [1.29, 1.82) is 5.26 Å². The van der Waals surface area contributed by atoms with Crippen LogP contribution in [0.15, 0.2) is 52.4 Å². The normalized spacial score (nSPS) is 13.0. The summed E-state index contributed by atoms with van der Waals surface area (Å²) in [6.07, 6.45) is -4.75. The van der Waals surface area contributed by atoms with Gasteiger partial charge in [0, 0.05) is 16.3 Å². The first kappa shape index (κ1) is 22.6. The second-order valence-electron chi connectivity index (χ2n) is 6.09. The molecule has 29 heavy (non-hydrogen) atoms. The van der Waals surface area contributed by atoms with E-state index in [0.717, 1.165) is 17.8 Å². The molecule has 0 aliphatic heterocycles. The van der Waals surface area contributed by atoms with Gasteiger partial charge >= 0.3 is 6.18 Å². The molecule has 0 radical (unpaired) electrons. The van der Waals surface area contributed by atoms with Gasteiger partial charge in [0.2, 0.25) is 0 Å². The maximum atomic E-state index is 13.0. The van der Waals surface area contributed by atoms with E-state index >= 15 is 0 Å². The summed E-state index contributed by atoms with van der Waals surface area (Å²) in [6.45, 7) is 1.25. The molecular formula is C19H14F3N3O2S2. The lowest BCUT2D eigenvalue weighted by Gasteiger charge is -2.22. The van der Waals surface area contributed by atoms with Crippen LogP contribution in [0.2, 0.25) is 0 Å². The lowest BCUT2D eigenvalue weighted by atomic mass is 10.1. The minimum absolute atomic E-state index is 0.0635. The van der Waals surface area contributed by atoms with E-state index in [1.165, 1.54) is 19.1 Å². The SMILES string of the molecule is C[C@@](O)(CSc1cccc(N=C=S)c1)C(=O)Nc1ccc(C#N)c(C(F)(F)F)c1. The van der Waals surface area contributed by atoms with Gasteiger partial charge in [-0.15, -0.1) is 11.8 Å². The van der Waals surface area contributed by atoms with E-state index < -0.39 is 28.8 Å². The van der Waals surface area contributed by atoms with Crippen LogP contribution in [-0.4, -0.2) is 27.5 Å². The zero-order valence-corrected chi connectivity index (χ0v) is 16.6. The van der Waals surface area contributed by atoms with Crippen LogP contribution >= 0.6 is 24.0 Å². The first-order chi connectivity index (χ1) is 13.6. The molecule has 0 bridgehead atoms. The molecular weight excluding hydrogens is 423 g/mol. The second kappa shape index (κ2) is 9.20. The Labute approximate surface area is 174 Å². The average Bonchev–Trinajstić information content (AvgIpc) is 2.66. The Morgan fingerprint density at radius 2 is 2.03 bits per heavy atom. The third kappa shape index (κ3) is 6.14. The highest BCUT2D eigenvalue weighted by molar-refractivity contribution is 7.99. The van der Waals surface area contributed by atoms with Crippen LogP contribution in [0.3, 0.4) is 0 Å². The minimum Gasteiger partial charge on any atom is -0.379 e. The number of hydrogen-bond donors (Lipinski definition) is 2. The van der Waals surface area contributed by atoms with Crippen molar-refractivity contribution in [2.75, 3.05) is 11.1 Å². The first-order valence-corrected chi connectivity index (χ1v) is 9.42. The molecule has 0 aliphatic rings. The van der Waals surface area contributed by atoms with Gasteiger partial charge in [-0.3, -0.25) is 4.79 Å². The molecule has 150 valence electrons. The lowest BCUT2D eigenvalue weighted by Crippen LogP contribution is -2.42. The summed E-state index contributed by atoms with van der Waals surface area (Å²) < 4.78 is 39.1. The summed E-state index contributed by atoms with van der Waals surface area (Å²) in [4.78, 5) is 16.9. The third-order valence-electron chi connectivity index (χ3n) is 3.70. The zero-order valence-electron chi connectivity index (χ0n) is 14.9. The molecule has 2 N–H and O–H groups in total. The van der Waals surface area contributed by atoms with Crippen molar-refractivity contribution in [3.8, 4) is 6.07 Å². The molecule has 1 atom stereocenters. The predicted octanol–water partition coefficient (Wildman–Crippen LogP) is 4.79. The largest absolute Gasteiger partial charge is 0.417 e. The summed E-state index contributed by atoms with van der Waals surface area (Å²) in [5.41, 5.74) is -3.21. The Bertz CT molecular complexity index is 1010. The van der Waals surface area contributed by atoms with Crippen molar-refractivity contribution < 1.29 is 23.1 Å². The number of halogens is 3. The van der Waals surface area contributed by atoms with Gasteiger partial charge in [0.25, 0.3) is 5.91 Å². The summed E-state index contributed by atoms with van der Waals surface area (Å²) in [5.74, 6) is -0.942. The fraction of sp³-hybridized carbons (Fsp3) is 0.211. The average molecular weight is 437 g/mol. The maximum absolute atomic E-state index is 13.0. The molecule has 5 nitrogen and oxygen atoms in total. The van der Waals surface area contributed by atoms with E-state index in [4.69, 9.17) is 5.26 Å². The Hall–Kier alpha value is -2.70. The Morgan fingerprint density at radius 1 is 1.31 bits per heavy atom. The molecule has 0 unspecified atom stereocenters. The number of anilines is 1. The highest BCUT2D eigenvalue weighted by Crippen LogP contribution is 2.34. The van der Waals surface area contributed by atoms with Crippen molar-refractivity contribution in [1.82, 2.24) is 0 Å². The number of benzene rings is 2. The van der Waals surface area contributed by atoms with Gasteiger partial charge in [0.15, 0.2) is 0 Å². The Morgan fingerprint density at radius 3 is 2.66 bits per heavy atom. The standard InChI is InChI=1S/C19H14F3N3O2S2/c1-18(27,10-29-15-4-2-3-13(7-15)24-11-28)17(26)25-14-6-5-12(9-23)16(8-14)19(20,21)22/h2-8,27H,10H2,1H3,(H,25,26)/t18-/m1/s1. The molecule has 1 amide bonds. The fourth-order valence-corrected chi connectivity index (χ4v) is 3.27. The van der Waals surface area contributed by atoms with Gasteiger partial charge in [0.05, 0.1) is 28.0 Å². The quantitative estimate of drug-likeness (QED) is 0.385. The number of thioether (sulfide) groups is 1. The molecule has 2 aromatic rings. The van der Waals surface area contributed by atoms with Gasteiger partial charge in [-0.05, 0) is 55.5 Å². The molecule has 0 saturated heterocycles. The molecule has 2 aromatic carbocycles. The van der Waals surface area contributed by atoms with Gasteiger partial charge in [-0.25, -0.2) is 0 Å². The summed E-state index contributed by atoms with van der Waals surface area (Å²) >= 11 is 5.70. The number of rotatable bonds is 6. The van der Waals surface area contributed by atoms with Crippen molar-refractivity contribution in [2.45, 2.75) is 23.6 Å². The van der Waals surface area contributed by atoms with Crippen molar-refractivity contribution in [3.63, 3.8) is 0 Å². The number of nitriles is 1. The molecule has 2 rings (SSSR count). The van der Waals surface area contributed by atoms with Crippen LogP contribution in [0.1, 0.15) is 18.1 Å². The van der Waals surface area contributed by atoms with Crippen LogP contribution in [0, 0.1) is 11.3 Å². The van der Waals surface area contributed by atoms with E-state index in [0.29, 0.717) is 16.6 Å². The Balaban J connectivity index is 2.12. The molecule has 0 heterocycles. The number of aliphatic hydroxyl groups is 1. The van der Waals surface area contributed by atoms with Gasteiger partial charge < -0.3 is 10.4 Å². The number of nitrogens with one attached hydrogen (secondary N) is 1. The topological polar surface area (TPSA) is 85.5 Å². The lowest BCUT2D eigenvalue weighted by molar-refractivity contribution is -0.137. The van der Waals surface area contributed by atoms with E-state index in [-0.39, 0.29) is 11.4 Å². The van der Waals surface area contributed by atoms with E-state index in [9.17, 15) is 23.1 Å². The van der Waals surface area contributed by atoms with Gasteiger partial charge in [-0.1, -0.05) is 6.07 Å². The smallest absolute Gasteiger partial charge is 0.379 e. The highest BCUT2D eigenvalue weighted by atomic mass is 32.2. The number of carbonyl (C=O) groups is 1. The van der Waals surface area contributed by atoms with Crippen LogP contribution in [0.4, 0.5) is 24.5 Å². The van der Waals surface area contributed by atoms with Gasteiger partial charge in [-0.2, -0.15) is 23.4 Å². The van der Waals surface area contributed by atoms with E-state index in [1.807, 2.05) is 0 Å². The number of alkyl halides is 3. The molecule has 0 aromatic heterocycles. The maximum Gasteiger partial charge on any atom is 0.417 e. The number of hydrogen-bond acceptors (Lipinski definition) is 6. The molecule has 0 fully saturated rings. The monoisotopic (exact) mass is 437 g/mol. The number of isothiocyanates is 1. The van der Waals surface area contributed by atoms with Crippen molar-refractivity contribution in [2.24, 2.45) is 4.99 Å². The van der Waals surface area contributed by atoms with Gasteiger partial charge in [0.1, 0.15) is 5.60 Å². The number of thiocarbonyl (C=S) groups is 1. The van der Waals surface area contributed by atoms with Crippen LogP contribution in [-0.2, 0) is 11.0 Å². The highest BCUT2D eigenvalue weighted by Gasteiger charge is 2.35. The summed E-state index contributed by atoms with van der Waals surface area (Å²) in [5, 5.41) is 23.8. The summed E-state index contributed by atoms with van der Waals surface area (Å²) in [6, 6.07) is 11.1. The molecule has 10 heteroatoms. The summed E-state index contributed by atoms with van der Waals surface area (Å²) in [7, 11) is 0. The second-order valence-corrected chi connectivity index (χ2v) is 7.32. The van der Waals surface area contributed by atoms with Crippen molar-refractivity contribution >= 4 is 46.4 Å². The molecule has 0 saturated carbocycles. The third-order valence-corrected chi connectivity index (χ3v) is 5.09. The van der Waals surface area contributed by atoms with Crippen molar-refractivity contribution in [3.05, 3.63) is 53.6 Å². The minimum atomic E-state index is -4.75. The Kier molecular flexibility index (Phi) is 7.16. The van der Waals surface area contributed by atoms with E-state index in [1.54, 1.807) is 24.3 Å². The van der Waals surface area contributed by atoms with E-state index in [2.05, 4.69) is 27.7 Å². The molecule has 0 aliphatic carbocycles. The predicted molar refractivity (Wildman–Crippen MR) is 107 cm³/mol. The number of nitrogens with zero attached hydrogens (tertiary/aromatic N) is 2. The van der Waals surface area contributed by atoms with Crippen LogP contribution in [0.25, 0.3) is 0 Å². The van der Waals surface area contributed by atoms with Crippen LogP contribution < -0.4 is 5.32 Å².